The van der Waals surface area contributed by atoms with Gasteiger partial charge in [0.15, 0.2) is 17.8 Å². The van der Waals surface area contributed by atoms with Crippen molar-refractivity contribution in [2.24, 2.45) is 0 Å². The summed E-state index contributed by atoms with van der Waals surface area (Å²) in [6.45, 7) is 2.52. The van der Waals surface area contributed by atoms with Gasteiger partial charge in [-0.05, 0) is 44.0 Å². The summed E-state index contributed by atoms with van der Waals surface area (Å²) >= 11 is 6.07. The first-order chi connectivity index (χ1) is 15.0. The van der Waals surface area contributed by atoms with Gasteiger partial charge in [-0.2, -0.15) is 10.2 Å². The van der Waals surface area contributed by atoms with Crippen LogP contribution < -0.4 is 4.90 Å². The minimum Gasteiger partial charge on any atom is -0.440 e. The van der Waals surface area contributed by atoms with Crippen LogP contribution >= 0.6 is 11.6 Å². The molecule has 2 aromatic carbocycles. The van der Waals surface area contributed by atoms with Crippen molar-refractivity contribution < 1.29 is 13.6 Å². The van der Waals surface area contributed by atoms with E-state index in [2.05, 4.69) is 15.2 Å². The van der Waals surface area contributed by atoms with Gasteiger partial charge in [0, 0.05) is 29.2 Å². The lowest BCUT2D eigenvalue weighted by Crippen LogP contribution is -2.42. The summed E-state index contributed by atoms with van der Waals surface area (Å²) in [5.74, 6) is 0.120. The van der Waals surface area contributed by atoms with E-state index in [1.54, 1.807) is 12.1 Å². The van der Waals surface area contributed by atoms with Crippen LogP contribution in [0.5, 0.6) is 0 Å². The van der Waals surface area contributed by atoms with E-state index in [0.29, 0.717) is 46.3 Å². The van der Waals surface area contributed by atoms with Crippen LogP contribution in [0.25, 0.3) is 16.8 Å². The molecule has 0 amide bonds. The second kappa shape index (κ2) is 7.77. The van der Waals surface area contributed by atoms with Crippen LogP contribution in [0.15, 0.2) is 47.1 Å². The Morgan fingerprint density at radius 3 is 2.74 bits per heavy atom. The molecule has 1 fully saturated rings. The number of carbonyl (C=O) groups excluding carboxylic acids is 1. The fourth-order valence-electron chi connectivity index (χ4n) is 4.19. The Morgan fingerprint density at radius 1 is 1.16 bits per heavy atom. The molecule has 0 aliphatic carbocycles. The summed E-state index contributed by atoms with van der Waals surface area (Å²) in [5.41, 5.74) is 2.32. The lowest BCUT2D eigenvalue weighted by atomic mass is 9.92. The molecule has 0 spiro atoms. The number of halogens is 2. The van der Waals surface area contributed by atoms with Gasteiger partial charge in [0.25, 0.3) is 0 Å². The molecule has 5 rings (SSSR count). The summed E-state index contributed by atoms with van der Waals surface area (Å²) < 4.78 is 21.2. The maximum Gasteiger partial charge on any atom is 0.200 e. The van der Waals surface area contributed by atoms with E-state index in [0.717, 1.165) is 18.4 Å². The van der Waals surface area contributed by atoms with Gasteiger partial charge in [0.05, 0.1) is 18.3 Å². The zero-order valence-electron chi connectivity index (χ0n) is 16.7. The highest BCUT2D eigenvalue weighted by Crippen LogP contribution is 2.38. The first kappa shape index (κ1) is 19.7. The molecule has 158 valence electrons. The molecule has 2 atom stereocenters. The summed E-state index contributed by atoms with van der Waals surface area (Å²) in [6.07, 6.45) is 5.34. The van der Waals surface area contributed by atoms with Crippen molar-refractivity contribution in [1.82, 2.24) is 20.0 Å². The number of rotatable bonds is 4. The van der Waals surface area contributed by atoms with Gasteiger partial charge in [-0.25, -0.2) is 9.37 Å². The number of aldehydes is 1. The molecule has 31 heavy (non-hydrogen) atoms. The van der Waals surface area contributed by atoms with Gasteiger partial charge in [0.1, 0.15) is 22.7 Å². The number of oxazole rings is 1. The number of hydrogen-bond donors (Lipinski definition) is 0. The maximum atomic E-state index is 15.2. The van der Waals surface area contributed by atoms with Gasteiger partial charge in [-0.3, -0.25) is 4.79 Å². The molecule has 7 nitrogen and oxygen atoms in total. The number of anilines is 1. The zero-order chi connectivity index (χ0) is 21.5. The number of carbonyl (C=O) groups is 1. The minimum absolute atomic E-state index is 0.0416. The van der Waals surface area contributed by atoms with Crippen LogP contribution in [0.1, 0.15) is 41.9 Å². The molecule has 0 unspecified atom stereocenters. The molecule has 1 saturated heterocycles. The molecule has 0 saturated carbocycles. The Bertz CT molecular complexity index is 1260. The topological polar surface area (TPSA) is 77.0 Å². The van der Waals surface area contributed by atoms with Crippen molar-refractivity contribution in [2.45, 2.75) is 31.7 Å². The highest BCUT2D eigenvalue weighted by Gasteiger charge is 2.33. The number of fused-ring (bicyclic) bond motifs is 1. The summed E-state index contributed by atoms with van der Waals surface area (Å²) in [5, 5.41) is 8.86. The van der Waals surface area contributed by atoms with Gasteiger partial charge < -0.3 is 9.32 Å². The quantitative estimate of drug-likeness (QED) is 0.426. The number of piperidine rings is 1. The Hall–Kier alpha value is -3.26. The Kier molecular flexibility index (Phi) is 4.94. The van der Waals surface area contributed by atoms with Crippen LogP contribution in [-0.2, 0) is 0 Å². The van der Waals surface area contributed by atoms with E-state index in [1.165, 1.54) is 29.3 Å². The van der Waals surface area contributed by atoms with E-state index >= 15 is 4.39 Å². The fourth-order valence-corrected chi connectivity index (χ4v) is 4.35. The first-order valence-corrected chi connectivity index (χ1v) is 10.4. The lowest BCUT2D eigenvalue weighted by molar-refractivity contribution is 0.112. The third-order valence-electron chi connectivity index (χ3n) is 5.76. The number of hydrogen-bond acceptors (Lipinski definition) is 6. The van der Waals surface area contributed by atoms with Gasteiger partial charge >= 0.3 is 0 Å². The molecule has 4 aromatic rings. The Labute approximate surface area is 182 Å². The molecule has 0 bridgehead atoms. The molecule has 2 aromatic heterocycles. The van der Waals surface area contributed by atoms with E-state index in [-0.39, 0.29) is 12.0 Å². The van der Waals surface area contributed by atoms with Crippen molar-refractivity contribution >= 4 is 34.7 Å². The highest BCUT2D eigenvalue weighted by molar-refractivity contribution is 6.31. The van der Waals surface area contributed by atoms with Crippen molar-refractivity contribution in [3.63, 3.8) is 0 Å². The van der Waals surface area contributed by atoms with Crippen LogP contribution in [0.2, 0.25) is 5.02 Å². The third-order valence-corrected chi connectivity index (χ3v) is 6.00. The average molecular weight is 440 g/mol. The Balaban J connectivity index is 1.57. The number of aromatic nitrogens is 4. The van der Waals surface area contributed by atoms with Gasteiger partial charge in [-0.15, -0.1) is 4.80 Å². The summed E-state index contributed by atoms with van der Waals surface area (Å²) in [6, 6.07) is 8.13. The minimum atomic E-state index is -0.435. The highest BCUT2D eigenvalue weighted by atomic mass is 35.5. The van der Waals surface area contributed by atoms with Crippen molar-refractivity contribution in [3.05, 3.63) is 65.0 Å². The first-order valence-electron chi connectivity index (χ1n) is 10.0. The fraction of sp³-hybridized carbons (Fsp3) is 0.273. The lowest BCUT2D eigenvalue weighted by Gasteiger charge is -2.39. The van der Waals surface area contributed by atoms with Crippen LogP contribution in [0.3, 0.4) is 0 Å². The predicted octanol–water partition coefficient (Wildman–Crippen LogP) is 4.79. The van der Waals surface area contributed by atoms with Gasteiger partial charge in [0.2, 0.25) is 0 Å². The number of benzene rings is 2. The maximum absolute atomic E-state index is 15.2. The molecule has 0 radical (unpaired) electrons. The van der Waals surface area contributed by atoms with Crippen LogP contribution in [0.4, 0.5) is 10.1 Å². The second-order valence-corrected chi connectivity index (χ2v) is 8.15. The zero-order valence-corrected chi connectivity index (χ0v) is 17.5. The second-order valence-electron chi connectivity index (χ2n) is 7.71. The van der Waals surface area contributed by atoms with E-state index in [9.17, 15) is 4.79 Å². The van der Waals surface area contributed by atoms with Crippen LogP contribution in [0, 0.1) is 5.82 Å². The largest absolute Gasteiger partial charge is 0.440 e. The monoisotopic (exact) mass is 439 g/mol. The smallest absolute Gasteiger partial charge is 0.200 e. The van der Waals surface area contributed by atoms with E-state index in [1.807, 2.05) is 17.9 Å². The van der Waals surface area contributed by atoms with E-state index in [4.69, 9.17) is 16.0 Å². The molecular formula is C22H19ClFN5O2. The molecule has 1 aliphatic rings. The van der Waals surface area contributed by atoms with Crippen LogP contribution in [-0.4, -0.2) is 38.9 Å². The summed E-state index contributed by atoms with van der Waals surface area (Å²) in [7, 11) is 0. The van der Waals surface area contributed by atoms with Crippen molar-refractivity contribution in [1.29, 1.82) is 0 Å². The normalized spacial score (nSPS) is 19.1. The standard InChI is InChI=1S/C22H19ClFN5O2/c1-13-2-3-14(22-27-18-7-5-16(23)10-19(18)31-22)11-28(13)21-17(24)6-4-15(12-30)20(21)29-25-8-9-26-29/h4-10,12-14H,2-3,11H2,1H3/t13-,14-/m1/s1. The summed E-state index contributed by atoms with van der Waals surface area (Å²) in [4.78, 5) is 19.6. The van der Waals surface area contributed by atoms with Gasteiger partial charge in [-0.1, -0.05) is 11.6 Å². The molecule has 1 aliphatic heterocycles. The molecule has 0 N–H and O–H groups in total. The SMILES string of the molecule is C[C@@H]1CC[C@@H](c2nc3ccc(Cl)cc3o2)CN1c1c(F)ccc(C=O)c1-n1nccn1. The van der Waals surface area contributed by atoms with E-state index < -0.39 is 5.82 Å². The van der Waals surface area contributed by atoms with Crippen molar-refractivity contribution in [2.75, 3.05) is 11.4 Å². The Morgan fingerprint density at radius 2 is 1.97 bits per heavy atom. The average Bonchev–Trinajstić information content (AvgIpc) is 3.44. The molecule has 9 heteroatoms. The van der Waals surface area contributed by atoms with Crippen molar-refractivity contribution in [3.8, 4) is 5.69 Å². The molecular weight excluding hydrogens is 421 g/mol. The predicted molar refractivity (Wildman–Crippen MR) is 115 cm³/mol. The third kappa shape index (κ3) is 3.46. The molecule has 3 heterocycles. The number of nitrogens with zero attached hydrogens (tertiary/aromatic N) is 5.